The molecule has 2 aliphatic rings. The SMILES string of the molecule is CC(C)(C)OC(=O)N1COC(=O)C2CC(c3cc(F)cc(Cl)c3)=CCC21. The van der Waals surface area contributed by atoms with Crippen LogP contribution in [0, 0.1) is 11.7 Å². The molecule has 1 aromatic carbocycles. The first-order chi connectivity index (χ1) is 12.1. The Balaban J connectivity index is 1.84. The molecule has 5 nitrogen and oxygen atoms in total. The van der Waals surface area contributed by atoms with Gasteiger partial charge >= 0.3 is 12.1 Å². The molecule has 1 amide bonds. The van der Waals surface area contributed by atoms with Crippen LogP contribution < -0.4 is 0 Å². The van der Waals surface area contributed by atoms with Crippen molar-refractivity contribution < 1.29 is 23.5 Å². The Labute approximate surface area is 156 Å². The highest BCUT2D eigenvalue weighted by Gasteiger charge is 2.44. The number of carbonyl (C=O) groups is 2. The molecule has 1 aliphatic heterocycles. The molecule has 0 bridgehead atoms. The lowest BCUT2D eigenvalue weighted by Gasteiger charge is -2.42. The second-order valence-electron chi connectivity index (χ2n) is 7.54. The van der Waals surface area contributed by atoms with E-state index in [1.165, 1.54) is 17.0 Å². The van der Waals surface area contributed by atoms with Crippen molar-refractivity contribution in [3.63, 3.8) is 0 Å². The molecule has 0 radical (unpaired) electrons. The van der Waals surface area contributed by atoms with Crippen LogP contribution in [0.1, 0.15) is 39.2 Å². The van der Waals surface area contributed by atoms with Gasteiger partial charge in [-0.05, 0) is 62.9 Å². The average Bonchev–Trinajstić information content (AvgIpc) is 2.52. The van der Waals surface area contributed by atoms with E-state index < -0.39 is 23.4 Å². The van der Waals surface area contributed by atoms with Crippen LogP contribution in [0.2, 0.25) is 5.02 Å². The van der Waals surface area contributed by atoms with Crippen LogP contribution in [0.5, 0.6) is 0 Å². The molecule has 26 heavy (non-hydrogen) atoms. The first-order valence-corrected chi connectivity index (χ1v) is 8.83. The predicted molar refractivity (Wildman–Crippen MR) is 94.9 cm³/mol. The lowest BCUT2D eigenvalue weighted by molar-refractivity contribution is -0.167. The molecule has 0 aromatic heterocycles. The molecular weight excluding hydrogens is 361 g/mol. The fourth-order valence-corrected chi connectivity index (χ4v) is 3.51. The Kier molecular flexibility index (Phi) is 4.97. The number of halogens is 2. The highest BCUT2D eigenvalue weighted by molar-refractivity contribution is 6.30. The maximum Gasteiger partial charge on any atom is 0.413 e. The topological polar surface area (TPSA) is 55.8 Å². The third-order valence-electron chi connectivity index (χ3n) is 4.42. The van der Waals surface area contributed by atoms with Gasteiger partial charge in [0, 0.05) is 5.02 Å². The zero-order chi connectivity index (χ0) is 19.1. The van der Waals surface area contributed by atoms with E-state index in [1.807, 2.05) is 6.08 Å². The van der Waals surface area contributed by atoms with Crippen LogP contribution in [0.4, 0.5) is 9.18 Å². The van der Waals surface area contributed by atoms with E-state index >= 15 is 0 Å². The molecule has 1 fully saturated rings. The van der Waals surface area contributed by atoms with Crippen LogP contribution in [0.15, 0.2) is 24.3 Å². The number of ether oxygens (including phenoxy) is 2. The number of amides is 1. The van der Waals surface area contributed by atoms with E-state index in [-0.39, 0.29) is 18.7 Å². The monoisotopic (exact) mass is 381 g/mol. The number of carbonyl (C=O) groups excluding carboxylic acids is 2. The van der Waals surface area contributed by atoms with Gasteiger partial charge in [-0.25, -0.2) is 9.18 Å². The predicted octanol–water partition coefficient (Wildman–Crippen LogP) is 4.39. The van der Waals surface area contributed by atoms with Crippen LogP contribution >= 0.6 is 11.6 Å². The highest BCUT2D eigenvalue weighted by atomic mass is 35.5. The number of cyclic esters (lactones) is 1. The fourth-order valence-electron chi connectivity index (χ4n) is 3.29. The van der Waals surface area contributed by atoms with Gasteiger partial charge in [-0.1, -0.05) is 17.7 Å². The van der Waals surface area contributed by atoms with Crippen molar-refractivity contribution in [1.29, 1.82) is 0 Å². The van der Waals surface area contributed by atoms with Crippen LogP contribution in [-0.4, -0.2) is 35.3 Å². The fraction of sp³-hybridized carbons (Fsp3) is 0.474. The third-order valence-corrected chi connectivity index (χ3v) is 4.64. The van der Waals surface area contributed by atoms with Crippen molar-refractivity contribution in [3.05, 3.63) is 40.7 Å². The number of fused-ring (bicyclic) bond motifs is 1. The van der Waals surface area contributed by atoms with Crippen LogP contribution in [-0.2, 0) is 14.3 Å². The molecule has 2 unspecified atom stereocenters. The third kappa shape index (κ3) is 4.01. The quantitative estimate of drug-likeness (QED) is 0.677. The maximum atomic E-state index is 13.6. The lowest BCUT2D eigenvalue weighted by atomic mass is 9.81. The summed E-state index contributed by atoms with van der Waals surface area (Å²) in [7, 11) is 0. The van der Waals surface area contributed by atoms with Gasteiger partial charge in [-0.2, -0.15) is 0 Å². The van der Waals surface area contributed by atoms with Crippen molar-refractivity contribution in [3.8, 4) is 0 Å². The number of rotatable bonds is 1. The van der Waals surface area contributed by atoms with E-state index in [2.05, 4.69) is 0 Å². The highest BCUT2D eigenvalue weighted by Crippen LogP contribution is 2.37. The van der Waals surface area contributed by atoms with Crippen molar-refractivity contribution >= 4 is 29.2 Å². The van der Waals surface area contributed by atoms with Crippen molar-refractivity contribution in [2.75, 3.05) is 6.73 Å². The van der Waals surface area contributed by atoms with Gasteiger partial charge < -0.3 is 9.47 Å². The summed E-state index contributed by atoms with van der Waals surface area (Å²) in [6.45, 7) is 5.23. The lowest BCUT2D eigenvalue weighted by Crippen LogP contribution is -2.55. The smallest absolute Gasteiger partial charge is 0.413 e. The van der Waals surface area contributed by atoms with Gasteiger partial charge in [0.2, 0.25) is 0 Å². The summed E-state index contributed by atoms with van der Waals surface area (Å²) >= 11 is 5.93. The van der Waals surface area contributed by atoms with E-state index in [0.29, 0.717) is 23.4 Å². The van der Waals surface area contributed by atoms with Crippen LogP contribution in [0.3, 0.4) is 0 Å². The average molecular weight is 382 g/mol. The summed E-state index contributed by atoms with van der Waals surface area (Å²) in [5.41, 5.74) is 0.813. The largest absolute Gasteiger partial charge is 0.444 e. The minimum atomic E-state index is -0.637. The molecule has 7 heteroatoms. The number of hydrogen-bond acceptors (Lipinski definition) is 4. The molecule has 3 rings (SSSR count). The van der Waals surface area contributed by atoms with E-state index in [1.54, 1.807) is 26.8 Å². The molecule has 2 atom stereocenters. The van der Waals surface area contributed by atoms with Gasteiger partial charge in [0.05, 0.1) is 12.0 Å². The van der Waals surface area contributed by atoms with E-state index in [0.717, 1.165) is 5.57 Å². The number of benzene rings is 1. The first-order valence-electron chi connectivity index (χ1n) is 8.46. The number of esters is 1. The number of allylic oxidation sites excluding steroid dienone is 1. The molecule has 0 N–H and O–H groups in total. The number of nitrogens with zero attached hydrogens (tertiary/aromatic N) is 1. The molecule has 0 spiro atoms. The first kappa shape index (κ1) is 18.7. The zero-order valence-electron chi connectivity index (χ0n) is 14.9. The second-order valence-corrected chi connectivity index (χ2v) is 7.98. The molecule has 1 saturated heterocycles. The molecule has 1 aromatic rings. The molecular formula is C19H21ClFNO4. The number of hydrogen-bond donors (Lipinski definition) is 0. The van der Waals surface area contributed by atoms with Crippen molar-refractivity contribution in [2.24, 2.45) is 5.92 Å². The Morgan fingerprint density at radius 3 is 2.73 bits per heavy atom. The summed E-state index contributed by atoms with van der Waals surface area (Å²) < 4.78 is 24.2. The minimum Gasteiger partial charge on any atom is -0.444 e. The summed E-state index contributed by atoms with van der Waals surface area (Å²) in [6, 6.07) is 3.95. The van der Waals surface area contributed by atoms with Gasteiger partial charge in [-0.3, -0.25) is 9.69 Å². The zero-order valence-corrected chi connectivity index (χ0v) is 15.7. The minimum absolute atomic E-state index is 0.121. The summed E-state index contributed by atoms with van der Waals surface area (Å²) in [5.74, 6) is -1.31. The molecule has 140 valence electrons. The standard InChI is InChI=1S/C19H21ClFNO4/c1-19(2,3)26-18(24)22-10-25-17(23)15-8-11(4-5-16(15)22)12-6-13(20)9-14(21)7-12/h4,6-7,9,15-16H,5,8,10H2,1-3H3. The Morgan fingerprint density at radius 1 is 1.35 bits per heavy atom. The maximum absolute atomic E-state index is 13.6. The van der Waals surface area contributed by atoms with Crippen molar-refractivity contribution in [1.82, 2.24) is 4.90 Å². The normalized spacial score (nSPS) is 23.0. The Hall–Kier alpha value is -2.08. The van der Waals surface area contributed by atoms with E-state index in [9.17, 15) is 14.0 Å². The Morgan fingerprint density at radius 2 is 2.08 bits per heavy atom. The second kappa shape index (κ2) is 6.91. The molecule has 1 heterocycles. The van der Waals surface area contributed by atoms with Gasteiger partial charge in [0.1, 0.15) is 11.4 Å². The Bertz CT molecular complexity index is 751. The summed E-state index contributed by atoms with van der Waals surface area (Å²) in [6.07, 6.45) is 2.22. The van der Waals surface area contributed by atoms with Crippen LogP contribution in [0.25, 0.3) is 5.57 Å². The summed E-state index contributed by atoms with van der Waals surface area (Å²) in [5, 5.41) is 0.296. The van der Waals surface area contributed by atoms with Gasteiger partial charge in [0.15, 0.2) is 6.73 Å². The van der Waals surface area contributed by atoms with E-state index in [4.69, 9.17) is 21.1 Å². The summed E-state index contributed by atoms with van der Waals surface area (Å²) in [4.78, 5) is 26.2. The molecule has 1 aliphatic carbocycles. The van der Waals surface area contributed by atoms with Gasteiger partial charge in [0.25, 0.3) is 0 Å². The molecule has 0 saturated carbocycles. The van der Waals surface area contributed by atoms with Crippen molar-refractivity contribution in [2.45, 2.75) is 45.3 Å². The van der Waals surface area contributed by atoms with Gasteiger partial charge in [-0.15, -0.1) is 0 Å².